The summed E-state index contributed by atoms with van der Waals surface area (Å²) in [5, 5.41) is 26.6. The molecule has 9 N–H and O–H groups in total. The van der Waals surface area contributed by atoms with Gasteiger partial charge in [-0.25, -0.2) is 18.7 Å². The number of anilines is 1. The predicted octanol–water partition coefficient (Wildman–Crippen LogP) is -4.97. The molecule has 182 valence electrons. The van der Waals surface area contributed by atoms with Gasteiger partial charge < -0.3 is 55.7 Å². The Bertz CT molecular complexity index is 1030. The Morgan fingerprint density at radius 2 is 1.79 bits per heavy atom. The van der Waals surface area contributed by atoms with Crippen LogP contribution in [0.5, 0.6) is 0 Å². The molecule has 0 spiro atoms. The van der Waals surface area contributed by atoms with E-state index in [1.165, 1.54) is 0 Å². The number of nitrogens with one attached hydrogen (secondary N) is 1. The van der Waals surface area contributed by atoms with Crippen molar-refractivity contribution in [3.8, 4) is 0 Å². The summed E-state index contributed by atoms with van der Waals surface area (Å²) in [7, 11) is -16.8. The minimum atomic E-state index is -5.73. The SMILES string of the molecule is NC1[N-]C(=O)c2ncn([C@@H]3O[C@H](COP(=O)(O)OP(=O)(O)OP(=O)(O)O)C(O)C3O)c2N1.[Li+]. The molecule has 19 nitrogen and oxygen atoms in total. The van der Waals surface area contributed by atoms with E-state index in [4.69, 9.17) is 25.2 Å². The standard InChI is InChI=1S/C10H18N5O14P3.Li/c11-10-13-7-4(8(18)14-10)12-2-15(7)9-6(17)5(16)3(27-9)1-26-31(22,23)29-32(24,25)28-30(19,20)21;/h2-3,5-6,9-10,16-17H,1,11H2,(H6,13,14,18,19,20,21,22,23,24,25);/q;+1/p-1/t3-,5?,6?,9-,10?;/m1./s1. The van der Waals surface area contributed by atoms with E-state index in [1.807, 2.05) is 0 Å². The maximum absolute atomic E-state index is 11.8. The second-order valence-electron chi connectivity index (χ2n) is 6.31. The fourth-order valence-corrected chi connectivity index (χ4v) is 5.81. The average molecular weight is 531 g/mol. The summed E-state index contributed by atoms with van der Waals surface area (Å²) in [6.07, 6.45) is -6.35. The van der Waals surface area contributed by atoms with Crippen LogP contribution in [0.25, 0.3) is 5.32 Å². The van der Waals surface area contributed by atoms with E-state index in [9.17, 15) is 33.6 Å². The van der Waals surface area contributed by atoms with Crippen molar-refractivity contribution in [1.82, 2.24) is 9.55 Å². The molecule has 7 atom stereocenters. The fourth-order valence-electron chi connectivity index (χ4n) is 2.78. The van der Waals surface area contributed by atoms with E-state index in [-0.39, 0.29) is 30.4 Å². The number of ether oxygens (including phenoxy) is 1. The normalized spacial score (nSPS) is 30.9. The zero-order valence-corrected chi connectivity index (χ0v) is 19.1. The van der Waals surface area contributed by atoms with Gasteiger partial charge in [-0.15, -0.1) is 0 Å². The van der Waals surface area contributed by atoms with Gasteiger partial charge in [0.25, 0.3) is 0 Å². The number of carbonyl (C=O) groups is 1. The van der Waals surface area contributed by atoms with Crippen LogP contribution in [0.15, 0.2) is 6.33 Å². The number of hydrogen-bond donors (Lipinski definition) is 8. The second kappa shape index (κ2) is 10.1. The first kappa shape index (κ1) is 28.6. The number of fused-ring (bicyclic) bond motifs is 1. The third-order valence-electron chi connectivity index (χ3n) is 3.97. The molecule has 5 unspecified atom stereocenters. The second-order valence-corrected chi connectivity index (χ2v) is 10.7. The molecule has 1 fully saturated rings. The average Bonchev–Trinajstić information content (AvgIpc) is 3.12. The Labute approximate surface area is 195 Å². The van der Waals surface area contributed by atoms with E-state index >= 15 is 0 Å². The fraction of sp³-hybridized carbons (Fsp3) is 0.600. The van der Waals surface area contributed by atoms with Gasteiger partial charge in [-0.3, -0.25) is 9.09 Å². The maximum atomic E-state index is 11.8. The van der Waals surface area contributed by atoms with Crippen molar-refractivity contribution in [3.05, 3.63) is 17.3 Å². The zero-order valence-electron chi connectivity index (χ0n) is 16.4. The number of carbonyl (C=O) groups excluding carboxylic acids is 1. The smallest absolute Gasteiger partial charge is 0.617 e. The summed E-state index contributed by atoms with van der Waals surface area (Å²) in [4.78, 5) is 51.2. The van der Waals surface area contributed by atoms with Gasteiger partial charge in [-0.1, -0.05) is 0 Å². The summed E-state index contributed by atoms with van der Waals surface area (Å²) in [5.74, 6) is -0.732. The van der Waals surface area contributed by atoms with Crippen LogP contribution >= 0.6 is 23.5 Å². The van der Waals surface area contributed by atoms with Gasteiger partial charge in [-0.2, -0.15) is 8.62 Å². The van der Waals surface area contributed by atoms with Crippen molar-refractivity contribution < 1.29 is 85.0 Å². The van der Waals surface area contributed by atoms with E-state index in [1.54, 1.807) is 0 Å². The van der Waals surface area contributed by atoms with E-state index < -0.39 is 66.8 Å². The van der Waals surface area contributed by atoms with Crippen molar-refractivity contribution in [1.29, 1.82) is 0 Å². The van der Waals surface area contributed by atoms with Crippen molar-refractivity contribution >= 4 is 35.2 Å². The molecular formula is C10H17LiN5O14P3. The van der Waals surface area contributed by atoms with Crippen molar-refractivity contribution in [3.63, 3.8) is 0 Å². The Kier molecular flexibility index (Phi) is 8.77. The Morgan fingerprint density at radius 1 is 1.15 bits per heavy atom. The van der Waals surface area contributed by atoms with Gasteiger partial charge in [0.2, 0.25) is 0 Å². The molecular weight excluding hydrogens is 514 g/mol. The Balaban J connectivity index is 0.00000385. The molecule has 2 aliphatic heterocycles. The van der Waals surface area contributed by atoms with Crippen molar-refractivity contribution in [2.75, 3.05) is 11.9 Å². The van der Waals surface area contributed by atoms with Gasteiger partial charge in [0.05, 0.1) is 12.9 Å². The first-order chi connectivity index (χ1) is 14.6. The summed E-state index contributed by atoms with van der Waals surface area (Å²) in [5.41, 5.74) is 5.41. The van der Waals surface area contributed by atoms with Crippen LogP contribution in [0.4, 0.5) is 5.82 Å². The van der Waals surface area contributed by atoms with Gasteiger partial charge in [0.15, 0.2) is 6.23 Å². The molecule has 1 saturated heterocycles. The first-order valence-electron chi connectivity index (χ1n) is 8.23. The molecule has 1 amide bonds. The number of nitrogens with two attached hydrogens (primary N) is 1. The third-order valence-corrected chi connectivity index (χ3v) is 7.77. The number of rotatable bonds is 8. The summed E-state index contributed by atoms with van der Waals surface area (Å²) >= 11 is 0. The van der Waals surface area contributed by atoms with Gasteiger partial charge >= 0.3 is 42.3 Å². The maximum Gasteiger partial charge on any atom is 1.00 e. The number of nitrogens with zero attached hydrogens (tertiary/aromatic N) is 3. The molecule has 23 heteroatoms. The van der Waals surface area contributed by atoms with Crippen LogP contribution in [-0.2, 0) is 31.6 Å². The molecule has 1 aromatic heterocycles. The van der Waals surface area contributed by atoms with E-state index in [0.717, 1.165) is 10.9 Å². The minimum Gasteiger partial charge on any atom is -0.617 e. The topological polar surface area (TPSA) is 297 Å². The molecule has 1 aromatic rings. The first-order valence-corrected chi connectivity index (χ1v) is 12.7. The largest absolute Gasteiger partial charge is 1.00 e. The minimum absolute atomic E-state index is 0. The molecule has 0 radical (unpaired) electrons. The van der Waals surface area contributed by atoms with Crippen LogP contribution in [0.1, 0.15) is 16.7 Å². The van der Waals surface area contributed by atoms with Gasteiger partial charge in [0, 0.05) is 6.29 Å². The van der Waals surface area contributed by atoms with Crippen molar-refractivity contribution in [2.24, 2.45) is 5.73 Å². The molecule has 2 aliphatic rings. The Hall–Kier alpha value is -0.673. The molecule has 3 heterocycles. The Morgan fingerprint density at radius 3 is 2.39 bits per heavy atom. The van der Waals surface area contributed by atoms with Gasteiger partial charge in [-0.05, 0) is 0 Å². The van der Waals surface area contributed by atoms with Crippen LogP contribution in [-0.4, -0.2) is 76.5 Å². The van der Waals surface area contributed by atoms with Gasteiger partial charge in [0.1, 0.15) is 35.7 Å². The number of phosphoric ester groups is 1. The number of hydrogen-bond acceptors (Lipinski definition) is 13. The van der Waals surface area contributed by atoms with Crippen molar-refractivity contribution in [2.45, 2.75) is 30.8 Å². The van der Waals surface area contributed by atoms with Crippen LogP contribution in [0, 0.1) is 0 Å². The quantitative estimate of drug-likeness (QED) is 0.115. The number of aliphatic hydroxyl groups is 2. The molecule has 33 heavy (non-hydrogen) atoms. The van der Waals surface area contributed by atoms with E-state index in [0.29, 0.717) is 0 Å². The van der Waals surface area contributed by atoms with Crippen LogP contribution < -0.4 is 29.9 Å². The number of imidazole rings is 1. The molecule has 0 bridgehead atoms. The van der Waals surface area contributed by atoms with E-state index in [2.05, 4.69) is 28.8 Å². The number of amides is 1. The zero-order chi connectivity index (χ0) is 24.1. The summed E-state index contributed by atoms with van der Waals surface area (Å²) in [6.45, 7) is -1.00. The molecule has 0 aliphatic carbocycles. The molecule has 0 saturated carbocycles. The summed E-state index contributed by atoms with van der Waals surface area (Å²) < 4.78 is 51.7. The number of aliphatic hydroxyl groups excluding tert-OH is 2. The third kappa shape index (κ3) is 6.94. The monoisotopic (exact) mass is 531 g/mol. The molecule has 0 aromatic carbocycles. The van der Waals surface area contributed by atoms with Crippen LogP contribution in [0.2, 0.25) is 0 Å². The number of phosphoric acid groups is 3. The molecule has 3 rings (SSSR count). The van der Waals surface area contributed by atoms with Crippen LogP contribution in [0.3, 0.4) is 0 Å². The summed E-state index contributed by atoms with van der Waals surface area (Å²) in [6, 6.07) is 0. The predicted molar refractivity (Wildman–Crippen MR) is 97.3 cm³/mol. The number of aromatic nitrogens is 2.